The standard InChI is InChI=1S/C24H20N2O2S2/c1-26(2)19-12-10-16(11-13-19)17-8-9-18(15-22-23(27)25-24(29)30-22)21(14-17)28-20-6-4-3-5-7-20/h3-15H,1-2H3,(H,25,27,29)/b22-15+. The van der Waals surface area contributed by atoms with Gasteiger partial charge in [-0.3, -0.25) is 4.79 Å². The molecule has 3 aromatic carbocycles. The van der Waals surface area contributed by atoms with Crippen LogP contribution in [-0.2, 0) is 4.79 Å². The molecule has 6 heteroatoms. The van der Waals surface area contributed by atoms with E-state index in [1.165, 1.54) is 11.8 Å². The fourth-order valence-electron chi connectivity index (χ4n) is 3.05. The van der Waals surface area contributed by atoms with E-state index in [1.54, 1.807) is 0 Å². The number of carbonyl (C=O) groups excluding carboxylic acids is 1. The Balaban J connectivity index is 1.74. The smallest absolute Gasteiger partial charge is 0.263 e. The van der Waals surface area contributed by atoms with Crippen LogP contribution in [0.25, 0.3) is 17.2 Å². The lowest BCUT2D eigenvalue weighted by molar-refractivity contribution is -0.115. The van der Waals surface area contributed by atoms with Gasteiger partial charge in [-0.25, -0.2) is 0 Å². The molecular formula is C24H20N2O2S2. The van der Waals surface area contributed by atoms with Crippen LogP contribution in [0.4, 0.5) is 5.69 Å². The summed E-state index contributed by atoms with van der Waals surface area (Å²) in [4.78, 5) is 14.7. The van der Waals surface area contributed by atoms with Crippen molar-refractivity contribution in [1.82, 2.24) is 5.32 Å². The van der Waals surface area contributed by atoms with E-state index >= 15 is 0 Å². The van der Waals surface area contributed by atoms with Gasteiger partial charge in [-0.2, -0.15) is 0 Å². The minimum absolute atomic E-state index is 0.181. The van der Waals surface area contributed by atoms with Crippen molar-refractivity contribution < 1.29 is 9.53 Å². The number of hydrogen-bond acceptors (Lipinski definition) is 5. The summed E-state index contributed by atoms with van der Waals surface area (Å²) < 4.78 is 6.65. The van der Waals surface area contributed by atoms with Gasteiger partial charge >= 0.3 is 0 Å². The molecule has 4 nitrogen and oxygen atoms in total. The van der Waals surface area contributed by atoms with Gasteiger partial charge in [0, 0.05) is 25.3 Å². The predicted molar refractivity (Wildman–Crippen MR) is 129 cm³/mol. The molecule has 1 N–H and O–H groups in total. The van der Waals surface area contributed by atoms with E-state index in [1.807, 2.05) is 68.7 Å². The summed E-state index contributed by atoms with van der Waals surface area (Å²) >= 11 is 6.36. The lowest BCUT2D eigenvalue weighted by Crippen LogP contribution is -2.17. The fourth-order valence-corrected chi connectivity index (χ4v) is 4.09. The molecule has 1 aliphatic rings. The number of anilines is 1. The molecule has 1 heterocycles. The second-order valence-electron chi connectivity index (χ2n) is 6.96. The Bertz CT molecular complexity index is 1120. The van der Waals surface area contributed by atoms with E-state index in [9.17, 15) is 4.79 Å². The number of ether oxygens (including phenoxy) is 1. The summed E-state index contributed by atoms with van der Waals surface area (Å²) in [5, 5.41) is 2.65. The van der Waals surface area contributed by atoms with Crippen LogP contribution in [-0.4, -0.2) is 24.3 Å². The average molecular weight is 433 g/mol. The molecule has 0 saturated carbocycles. The summed E-state index contributed by atoms with van der Waals surface area (Å²) in [6.45, 7) is 0. The highest BCUT2D eigenvalue weighted by Gasteiger charge is 2.22. The molecule has 30 heavy (non-hydrogen) atoms. The number of nitrogens with one attached hydrogen (secondary N) is 1. The van der Waals surface area contributed by atoms with Gasteiger partial charge in [0.15, 0.2) is 0 Å². The van der Waals surface area contributed by atoms with Crippen LogP contribution in [0.1, 0.15) is 5.56 Å². The summed E-state index contributed by atoms with van der Waals surface area (Å²) in [6.07, 6.45) is 1.82. The lowest BCUT2D eigenvalue weighted by atomic mass is 10.0. The number of benzene rings is 3. The Morgan fingerprint density at radius 3 is 2.30 bits per heavy atom. The topological polar surface area (TPSA) is 41.6 Å². The van der Waals surface area contributed by atoms with Crippen LogP contribution in [0.5, 0.6) is 11.5 Å². The summed E-state index contributed by atoms with van der Waals surface area (Å²) in [7, 11) is 4.04. The summed E-state index contributed by atoms with van der Waals surface area (Å²) in [6, 6.07) is 24.0. The first kappa shape index (κ1) is 20.2. The van der Waals surface area contributed by atoms with Crippen molar-refractivity contribution in [2.75, 3.05) is 19.0 Å². The van der Waals surface area contributed by atoms with E-state index in [4.69, 9.17) is 17.0 Å². The second kappa shape index (κ2) is 8.73. The quantitative estimate of drug-likeness (QED) is 0.414. The van der Waals surface area contributed by atoms with Crippen LogP contribution in [0, 0.1) is 0 Å². The highest BCUT2D eigenvalue weighted by molar-refractivity contribution is 8.26. The minimum atomic E-state index is -0.181. The van der Waals surface area contributed by atoms with Crippen LogP contribution >= 0.6 is 24.0 Å². The third kappa shape index (κ3) is 4.56. The minimum Gasteiger partial charge on any atom is -0.457 e. The molecular weight excluding hydrogens is 412 g/mol. The molecule has 0 aromatic heterocycles. The molecule has 3 aromatic rings. The first-order valence-corrected chi connectivity index (χ1v) is 10.6. The van der Waals surface area contributed by atoms with Gasteiger partial charge in [-0.05, 0) is 47.5 Å². The number of rotatable bonds is 5. The lowest BCUT2D eigenvalue weighted by Gasteiger charge is -2.14. The molecule has 1 aliphatic heterocycles. The van der Waals surface area contributed by atoms with Crippen LogP contribution in [0.15, 0.2) is 77.7 Å². The molecule has 150 valence electrons. The fraction of sp³-hybridized carbons (Fsp3) is 0.0833. The van der Waals surface area contributed by atoms with Crippen LogP contribution in [0.2, 0.25) is 0 Å². The van der Waals surface area contributed by atoms with Crippen LogP contribution < -0.4 is 15.0 Å². The SMILES string of the molecule is CN(C)c1ccc(-c2ccc(/C=C3/SC(=S)NC3=O)c(Oc3ccccc3)c2)cc1. The number of para-hydroxylation sites is 1. The largest absolute Gasteiger partial charge is 0.457 e. The van der Waals surface area contributed by atoms with Crippen LogP contribution in [0.3, 0.4) is 0 Å². The molecule has 1 saturated heterocycles. The Morgan fingerprint density at radius 1 is 0.967 bits per heavy atom. The Kier molecular flexibility index (Phi) is 5.88. The van der Waals surface area contributed by atoms with E-state index < -0.39 is 0 Å². The highest BCUT2D eigenvalue weighted by atomic mass is 32.2. The molecule has 0 bridgehead atoms. The first-order valence-electron chi connectivity index (χ1n) is 9.39. The van der Waals surface area contributed by atoms with E-state index in [-0.39, 0.29) is 5.91 Å². The highest BCUT2D eigenvalue weighted by Crippen LogP contribution is 2.35. The Morgan fingerprint density at radius 2 is 1.67 bits per heavy atom. The molecule has 0 aliphatic carbocycles. The predicted octanol–water partition coefficient (Wildman–Crippen LogP) is 5.70. The second-order valence-corrected chi connectivity index (χ2v) is 8.68. The number of nitrogens with zero attached hydrogens (tertiary/aromatic N) is 1. The Hall–Kier alpha value is -3.09. The van der Waals surface area contributed by atoms with Crippen molar-refractivity contribution in [3.63, 3.8) is 0 Å². The molecule has 0 spiro atoms. The van der Waals surface area contributed by atoms with E-state index in [0.717, 1.165) is 28.1 Å². The van der Waals surface area contributed by atoms with Crippen molar-refractivity contribution in [2.45, 2.75) is 0 Å². The zero-order chi connectivity index (χ0) is 21.1. The van der Waals surface area contributed by atoms with Gasteiger partial charge in [0.05, 0.1) is 4.91 Å². The number of thiocarbonyl (C=S) groups is 1. The maximum absolute atomic E-state index is 12.1. The number of carbonyl (C=O) groups is 1. The Labute approximate surface area is 185 Å². The third-order valence-corrected chi connectivity index (χ3v) is 5.79. The number of hydrogen-bond donors (Lipinski definition) is 1. The normalized spacial score (nSPS) is 14.7. The molecule has 0 radical (unpaired) electrons. The van der Waals surface area contributed by atoms with Crippen molar-refractivity contribution in [2.24, 2.45) is 0 Å². The molecule has 1 fully saturated rings. The maximum atomic E-state index is 12.1. The van der Waals surface area contributed by atoms with Gasteiger partial charge in [-0.15, -0.1) is 0 Å². The monoisotopic (exact) mass is 432 g/mol. The number of thioether (sulfide) groups is 1. The zero-order valence-corrected chi connectivity index (χ0v) is 18.2. The molecule has 4 rings (SSSR count). The zero-order valence-electron chi connectivity index (χ0n) is 16.6. The first-order chi connectivity index (χ1) is 14.5. The van der Waals surface area contributed by atoms with Crippen molar-refractivity contribution in [3.05, 3.63) is 83.3 Å². The van der Waals surface area contributed by atoms with Crippen molar-refractivity contribution in [1.29, 1.82) is 0 Å². The van der Waals surface area contributed by atoms with E-state index in [2.05, 4.69) is 34.5 Å². The molecule has 1 amide bonds. The maximum Gasteiger partial charge on any atom is 0.263 e. The van der Waals surface area contributed by atoms with Gasteiger partial charge in [-0.1, -0.05) is 66.4 Å². The van der Waals surface area contributed by atoms with Gasteiger partial charge in [0.2, 0.25) is 0 Å². The average Bonchev–Trinajstić information content (AvgIpc) is 3.06. The van der Waals surface area contributed by atoms with E-state index in [0.29, 0.717) is 15.0 Å². The van der Waals surface area contributed by atoms with Gasteiger partial charge < -0.3 is 15.0 Å². The van der Waals surface area contributed by atoms with Crippen molar-refractivity contribution in [3.8, 4) is 22.6 Å². The number of amides is 1. The summed E-state index contributed by atoms with van der Waals surface area (Å²) in [5.74, 6) is 1.23. The molecule has 0 unspecified atom stereocenters. The molecule has 0 atom stereocenters. The summed E-state index contributed by atoms with van der Waals surface area (Å²) in [5.41, 5.74) is 4.08. The van der Waals surface area contributed by atoms with Crippen molar-refractivity contribution >= 4 is 46.0 Å². The van der Waals surface area contributed by atoms with Gasteiger partial charge in [0.25, 0.3) is 5.91 Å². The van der Waals surface area contributed by atoms with Gasteiger partial charge in [0.1, 0.15) is 15.8 Å². The third-order valence-electron chi connectivity index (χ3n) is 4.63.